The zero-order valence-corrected chi connectivity index (χ0v) is 13.1. The average Bonchev–Trinajstić information content (AvgIpc) is 2.87. The summed E-state index contributed by atoms with van der Waals surface area (Å²) in [4.78, 5) is 37.7. The van der Waals surface area contributed by atoms with Gasteiger partial charge in [-0.15, -0.1) is 0 Å². The van der Waals surface area contributed by atoms with Crippen LogP contribution in [0.15, 0.2) is 30.3 Å². The molecule has 1 aromatic carbocycles. The molecule has 118 valence electrons. The summed E-state index contributed by atoms with van der Waals surface area (Å²) in [5.74, 6) is -1.47. The minimum absolute atomic E-state index is 0.0831. The summed E-state index contributed by atoms with van der Waals surface area (Å²) in [7, 11) is 0. The highest BCUT2D eigenvalue weighted by atomic mass is 16.6. The van der Waals surface area contributed by atoms with Crippen LogP contribution in [0.5, 0.6) is 0 Å². The van der Waals surface area contributed by atoms with Gasteiger partial charge in [0.15, 0.2) is 0 Å². The summed E-state index contributed by atoms with van der Waals surface area (Å²) in [6.45, 7) is 5.43. The Labute approximate surface area is 130 Å². The molecule has 1 aliphatic rings. The van der Waals surface area contributed by atoms with Crippen LogP contribution in [0.1, 0.15) is 26.3 Å². The summed E-state index contributed by atoms with van der Waals surface area (Å²) < 4.78 is 5.00. The van der Waals surface area contributed by atoms with Crippen LogP contribution in [0.4, 0.5) is 4.79 Å². The van der Waals surface area contributed by atoms with Crippen LogP contribution in [0, 0.1) is 11.8 Å². The average molecular weight is 303 g/mol. The Morgan fingerprint density at radius 1 is 1.27 bits per heavy atom. The van der Waals surface area contributed by atoms with Gasteiger partial charge in [0.1, 0.15) is 18.3 Å². The molecule has 1 aromatic rings. The molecule has 0 spiro atoms. The van der Waals surface area contributed by atoms with Crippen molar-refractivity contribution in [1.82, 2.24) is 4.90 Å². The number of ether oxygens (including phenoxy) is 1. The number of Topliss-reactive ketones (excluding diaryl/α,β-unsaturated/α-hetero) is 1. The van der Waals surface area contributed by atoms with Crippen molar-refractivity contribution in [3.05, 3.63) is 35.9 Å². The molecule has 1 heterocycles. The molecule has 2 atom stereocenters. The molecule has 0 N–H and O–H groups in total. The molecule has 1 saturated heterocycles. The number of rotatable bonds is 5. The molecule has 0 radical (unpaired) electrons. The standard InChI is InChI=1S/C17H21NO4/c1-11(2)15-10-22-17(21)18(15)16(20)14(12(3)19)9-13-7-5-4-6-8-13/h4-8,11,14-15H,9-10H2,1-3H3/t14?,15-/m1/s1. The van der Waals surface area contributed by atoms with Crippen LogP contribution in [-0.4, -0.2) is 35.3 Å². The number of cyclic esters (lactones) is 1. The van der Waals surface area contributed by atoms with Gasteiger partial charge in [0.05, 0.1) is 6.04 Å². The van der Waals surface area contributed by atoms with E-state index < -0.39 is 17.9 Å². The van der Waals surface area contributed by atoms with Gasteiger partial charge in [0.25, 0.3) is 0 Å². The van der Waals surface area contributed by atoms with E-state index in [0.717, 1.165) is 10.5 Å². The van der Waals surface area contributed by atoms with Crippen LogP contribution in [0.3, 0.4) is 0 Å². The van der Waals surface area contributed by atoms with E-state index in [1.807, 2.05) is 44.2 Å². The fraction of sp³-hybridized carbons (Fsp3) is 0.471. The lowest BCUT2D eigenvalue weighted by Gasteiger charge is -2.25. The second kappa shape index (κ2) is 6.73. The number of imide groups is 1. The molecule has 0 bridgehead atoms. The second-order valence-electron chi connectivity index (χ2n) is 5.95. The maximum atomic E-state index is 12.7. The first-order chi connectivity index (χ1) is 10.4. The van der Waals surface area contributed by atoms with Crippen molar-refractivity contribution in [3.63, 3.8) is 0 Å². The minimum atomic E-state index is -0.853. The van der Waals surface area contributed by atoms with Gasteiger partial charge >= 0.3 is 6.09 Å². The summed E-state index contributed by atoms with van der Waals surface area (Å²) >= 11 is 0. The third kappa shape index (κ3) is 3.35. The highest BCUT2D eigenvalue weighted by molar-refractivity contribution is 6.06. The van der Waals surface area contributed by atoms with Gasteiger partial charge in [-0.3, -0.25) is 9.59 Å². The first-order valence-electron chi connectivity index (χ1n) is 7.46. The van der Waals surface area contributed by atoms with E-state index in [0.29, 0.717) is 6.42 Å². The summed E-state index contributed by atoms with van der Waals surface area (Å²) in [5.41, 5.74) is 0.893. The molecule has 0 aromatic heterocycles. The van der Waals surface area contributed by atoms with Crippen molar-refractivity contribution in [2.24, 2.45) is 11.8 Å². The van der Waals surface area contributed by atoms with Gasteiger partial charge < -0.3 is 4.74 Å². The number of benzene rings is 1. The smallest absolute Gasteiger partial charge is 0.417 e. The molecule has 5 heteroatoms. The Morgan fingerprint density at radius 2 is 1.91 bits per heavy atom. The highest BCUT2D eigenvalue weighted by Crippen LogP contribution is 2.23. The lowest BCUT2D eigenvalue weighted by molar-refractivity contribution is -0.139. The molecule has 2 amide bonds. The zero-order chi connectivity index (χ0) is 16.3. The SMILES string of the molecule is CC(=O)C(Cc1ccccc1)C(=O)N1C(=O)OC[C@@H]1C(C)C. The molecule has 1 fully saturated rings. The fourth-order valence-corrected chi connectivity index (χ4v) is 2.60. The maximum absolute atomic E-state index is 12.7. The molecular weight excluding hydrogens is 282 g/mol. The predicted octanol–water partition coefficient (Wildman–Crippen LogP) is 2.44. The molecule has 1 unspecified atom stereocenters. The van der Waals surface area contributed by atoms with Crippen LogP contribution in [-0.2, 0) is 20.7 Å². The van der Waals surface area contributed by atoms with Crippen molar-refractivity contribution >= 4 is 17.8 Å². The van der Waals surface area contributed by atoms with E-state index in [1.54, 1.807) is 0 Å². The van der Waals surface area contributed by atoms with Gasteiger partial charge in [-0.05, 0) is 24.8 Å². The molecule has 1 aliphatic heterocycles. The minimum Gasteiger partial charge on any atom is -0.447 e. The monoisotopic (exact) mass is 303 g/mol. The number of carbonyl (C=O) groups is 3. The Morgan fingerprint density at radius 3 is 2.45 bits per heavy atom. The summed E-state index contributed by atoms with van der Waals surface area (Å²) in [5, 5.41) is 0. The highest BCUT2D eigenvalue weighted by Gasteiger charge is 2.43. The molecule has 5 nitrogen and oxygen atoms in total. The Hall–Kier alpha value is -2.17. The molecular formula is C17H21NO4. The van der Waals surface area contributed by atoms with Crippen molar-refractivity contribution in [1.29, 1.82) is 0 Å². The van der Waals surface area contributed by atoms with Gasteiger partial charge in [0, 0.05) is 0 Å². The fourth-order valence-electron chi connectivity index (χ4n) is 2.60. The quantitative estimate of drug-likeness (QED) is 0.784. The van der Waals surface area contributed by atoms with Crippen molar-refractivity contribution in [3.8, 4) is 0 Å². The number of carbonyl (C=O) groups excluding carboxylic acids is 3. The molecule has 22 heavy (non-hydrogen) atoms. The van der Waals surface area contributed by atoms with Crippen molar-refractivity contribution in [2.75, 3.05) is 6.61 Å². The lowest BCUT2D eigenvalue weighted by Crippen LogP contribution is -2.46. The topological polar surface area (TPSA) is 63.7 Å². The Kier molecular flexibility index (Phi) is 4.96. The molecule has 2 rings (SSSR count). The Balaban J connectivity index is 2.22. The number of amides is 2. The van der Waals surface area contributed by atoms with Gasteiger partial charge in [-0.25, -0.2) is 9.69 Å². The van der Waals surface area contributed by atoms with E-state index in [9.17, 15) is 14.4 Å². The second-order valence-corrected chi connectivity index (χ2v) is 5.95. The number of nitrogens with zero attached hydrogens (tertiary/aromatic N) is 1. The van der Waals surface area contributed by atoms with E-state index in [4.69, 9.17) is 4.74 Å². The lowest BCUT2D eigenvalue weighted by atomic mass is 9.93. The number of ketones is 1. The predicted molar refractivity (Wildman–Crippen MR) is 81.1 cm³/mol. The number of hydrogen-bond acceptors (Lipinski definition) is 4. The van der Waals surface area contributed by atoms with Crippen LogP contribution in [0.2, 0.25) is 0 Å². The normalized spacial score (nSPS) is 19.2. The van der Waals surface area contributed by atoms with E-state index in [-0.39, 0.29) is 24.3 Å². The van der Waals surface area contributed by atoms with Gasteiger partial charge in [-0.2, -0.15) is 0 Å². The summed E-state index contributed by atoms with van der Waals surface area (Å²) in [6, 6.07) is 9.02. The molecule has 0 saturated carbocycles. The summed E-state index contributed by atoms with van der Waals surface area (Å²) in [6.07, 6.45) is -0.355. The first kappa shape index (κ1) is 16.2. The van der Waals surface area contributed by atoms with Gasteiger partial charge in [0.2, 0.25) is 5.91 Å². The van der Waals surface area contributed by atoms with Crippen LogP contribution >= 0.6 is 0 Å². The maximum Gasteiger partial charge on any atom is 0.417 e. The van der Waals surface area contributed by atoms with Crippen LogP contribution in [0.25, 0.3) is 0 Å². The number of hydrogen-bond donors (Lipinski definition) is 0. The first-order valence-corrected chi connectivity index (χ1v) is 7.46. The molecule has 0 aliphatic carbocycles. The van der Waals surface area contributed by atoms with Crippen molar-refractivity contribution < 1.29 is 19.1 Å². The zero-order valence-electron chi connectivity index (χ0n) is 13.1. The van der Waals surface area contributed by atoms with E-state index in [1.165, 1.54) is 6.92 Å². The van der Waals surface area contributed by atoms with Gasteiger partial charge in [-0.1, -0.05) is 44.2 Å². The largest absolute Gasteiger partial charge is 0.447 e. The Bertz CT molecular complexity index is 567. The van der Waals surface area contributed by atoms with Crippen molar-refractivity contribution in [2.45, 2.75) is 33.2 Å². The third-order valence-corrected chi connectivity index (χ3v) is 3.98. The third-order valence-electron chi connectivity index (χ3n) is 3.98. The van der Waals surface area contributed by atoms with E-state index >= 15 is 0 Å². The van der Waals surface area contributed by atoms with E-state index in [2.05, 4.69) is 0 Å². The van der Waals surface area contributed by atoms with Crippen LogP contribution < -0.4 is 0 Å².